The zero-order chi connectivity index (χ0) is 33.9. The van der Waals surface area contributed by atoms with E-state index >= 15 is 0 Å². The van der Waals surface area contributed by atoms with E-state index in [1.807, 2.05) is 18.2 Å². The lowest BCUT2D eigenvalue weighted by Crippen LogP contribution is -2.25. The van der Waals surface area contributed by atoms with E-state index in [1.54, 1.807) is 28.4 Å². The summed E-state index contributed by atoms with van der Waals surface area (Å²) in [6.07, 6.45) is 2.10. The van der Waals surface area contributed by atoms with Gasteiger partial charge in [0.05, 0.1) is 39.2 Å². The van der Waals surface area contributed by atoms with Crippen LogP contribution in [0.5, 0.6) is 23.0 Å². The summed E-state index contributed by atoms with van der Waals surface area (Å²) in [6.45, 7) is 2.96. The summed E-state index contributed by atoms with van der Waals surface area (Å²) >= 11 is 0. The van der Waals surface area contributed by atoms with Crippen molar-refractivity contribution in [2.24, 2.45) is 0 Å². The second-order valence-electron chi connectivity index (χ2n) is 10.5. The van der Waals surface area contributed by atoms with Crippen LogP contribution in [0.3, 0.4) is 0 Å². The smallest absolute Gasteiger partial charge is 0.318 e. The molecule has 0 N–H and O–H groups in total. The van der Waals surface area contributed by atoms with Crippen LogP contribution in [0, 0.1) is 6.92 Å². The molecule has 11 heteroatoms. The van der Waals surface area contributed by atoms with Gasteiger partial charge in [-0.2, -0.15) is 4.40 Å². The van der Waals surface area contributed by atoms with E-state index in [-0.39, 0.29) is 0 Å². The van der Waals surface area contributed by atoms with Gasteiger partial charge in [-0.1, -0.05) is 54.6 Å². The van der Waals surface area contributed by atoms with Gasteiger partial charge >= 0.3 is 5.97 Å². The van der Waals surface area contributed by atoms with E-state index < -0.39 is 16.4 Å². The van der Waals surface area contributed by atoms with Gasteiger partial charge in [0.2, 0.25) is 5.52 Å². The first kappa shape index (κ1) is 33.0. The molecule has 0 spiro atoms. The Morgan fingerprint density at radius 3 is 1.81 bits per heavy atom. The van der Waals surface area contributed by atoms with Crippen molar-refractivity contribution in [2.75, 3.05) is 28.4 Å². The fourth-order valence-electron chi connectivity index (χ4n) is 5.67. The van der Waals surface area contributed by atoms with E-state index in [9.17, 15) is 17.8 Å². The van der Waals surface area contributed by atoms with Crippen LogP contribution in [0.2, 0.25) is 0 Å². The SMILES string of the molecule is CC(=O)OS(=O)(=O)[O-].COc1cc2cc[n+]3c(C)c4cc(OC)c(OC)c(-c5ccc(-c6ccccc6)cc5)c4cc3c2cc1OC. The minimum absolute atomic E-state index is 0.694. The normalized spacial score (nSPS) is 11.1. The standard InChI is InChI=1S/C34H30NO4.C2H4O5S/c1-21-26-19-32(38-4)34(39-5)33(24-13-11-23(12-14-24)22-9-7-6-8-10-22)28(26)18-29-27-20-31(37-3)30(36-2)17-25(27)15-16-35(21)29;1-2(3)7-8(4,5)6/h6-20H,1-5H3;1H3,(H,4,5,6)/q+1;/p-1. The van der Waals surface area contributed by atoms with Gasteiger partial charge in [-0.05, 0) is 40.3 Å². The lowest BCUT2D eigenvalue weighted by atomic mass is 9.93. The predicted octanol–water partition coefficient (Wildman–Crippen LogP) is 6.42. The molecule has 0 aliphatic rings. The van der Waals surface area contributed by atoms with Crippen LogP contribution >= 0.6 is 0 Å². The molecule has 6 aromatic rings. The molecule has 0 bridgehead atoms. The Balaban J connectivity index is 0.000000483. The number of benzene rings is 4. The zero-order valence-corrected chi connectivity index (χ0v) is 27.5. The van der Waals surface area contributed by atoms with Crippen molar-refractivity contribution in [3.8, 4) is 45.3 Å². The molecular formula is C36H33NO9S. The summed E-state index contributed by atoms with van der Waals surface area (Å²) in [5, 5.41) is 4.31. The molecule has 0 radical (unpaired) electrons. The van der Waals surface area contributed by atoms with E-state index in [0.717, 1.165) is 56.4 Å². The number of hydrogen-bond donors (Lipinski definition) is 0. The summed E-state index contributed by atoms with van der Waals surface area (Å²) in [7, 11) is 1.88. The van der Waals surface area contributed by atoms with Gasteiger partial charge in [-0.3, -0.25) is 4.79 Å². The van der Waals surface area contributed by atoms with Crippen LogP contribution in [0.25, 0.3) is 49.3 Å². The topological polar surface area (TPSA) is 125 Å². The van der Waals surface area contributed by atoms with Gasteiger partial charge in [0.15, 0.2) is 34.9 Å². The predicted molar refractivity (Wildman–Crippen MR) is 178 cm³/mol. The molecule has 242 valence electrons. The van der Waals surface area contributed by atoms with E-state index in [2.05, 4.69) is 88.4 Å². The second-order valence-corrected chi connectivity index (χ2v) is 11.5. The molecule has 6 rings (SSSR count). The zero-order valence-electron chi connectivity index (χ0n) is 26.7. The van der Waals surface area contributed by atoms with Crippen molar-refractivity contribution in [3.63, 3.8) is 0 Å². The Labute approximate surface area is 272 Å². The third-order valence-electron chi connectivity index (χ3n) is 7.74. The molecule has 0 unspecified atom stereocenters. The number of hydrogen-bond acceptors (Lipinski definition) is 9. The molecule has 0 fully saturated rings. The minimum Gasteiger partial charge on any atom is -0.716 e. The van der Waals surface area contributed by atoms with Crippen LogP contribution in [-0.2, 0) is 19.4 Å². The Morgan fingerprint density at radius 2 is 1.26 bits per heavy atom. The molecule has 0 aliphatic carbocycles. The van der Waals surface area contributed by atoms with Crippen molar-refractivity contribution in [1.82, 2.24) is 0 Å². The number of carbonyl (C=O) groups excluding carboxylic acids is 1. The summed E-state index contributed by atoms with van der Waals surface area (Å²) < 4.78 is 56.8. The van der Waals surface area contributed by atoms with Crippen molar-refractivity contribution >= 4 is 43.4 Å². The summed E-state index contributed by atoms with van der Waals surface area (Å²) in [4.78, 5) is 9.66. The molecule has 4 aromatic carbocycles. The summed E-state index contributed by atoms with van der Waals surface area (Å²) in [5.74, 6) is 1.68. The van der Waals surface area contributed by atoms with Crippen LogP contribution in [0.1, 0.15) is 12.6 Å². The van der Waals surface area contributed by atoms with Crippen LogP contribution in [-0.4, -0.2) is 47.4 Å². The van der Waals surface area contributed by atoms with Gasteiger partial charge in [-0.15, -0.1) is 0 Å². The van der Waals surface area contributed by atoms with Gasteiger partial charge in [0, 0.05) is 36.9 Å². The molecule has 2 heterocycles. The summed E-state index contributed by atoms with van der Waals surface area (Å²) in [6, 6.07) is 29.5. The highest BCUT2D eigenvalue weighted by atomic mass is 32.3. The minimum atomic E-state index is -4.82. The number of fused-ring (bicyclic) bond motifs is 4. The quantitative estimate of drug-likeness (QED) is 0.0630. The Bertz CT molecular complexity index is 2220. The van der Waals surface area contributed by atoms with Gasteiger partial charge in [-0.25, -0.2) is 8.42 Å². The molecule has 0 saturated heterocycles. The molecule has 0 atom stereocenters. The average molecular weight is 656 g/mol. The summed E-state index contributed by atoms with van der Waals surface area (Å²) in [5.41, 5.74) is 6.55. The first-order valence-electron chi connectivity index (χ1n) is 14.4. The molecule has 47 heavy (non-hydrogen) atoms. The lowest BCUT2D eigenvalue weighted by molar-refractivity contribution is -0.516. The van der Waals surface area contributed by atoms with E-state index in [4.69, 9.17) is 18.9 Å². The van der Waals surface area contributed by atoms with Crippen molar-refractivity contribution in [2.45, 2.75) is 13.8 Å². The molecule has 0 aliphatic heterocycles. The largest absolute Gasteiger partial charge is 0.716 e. The highest BCUT2D eigenvalue weighted by Gasteiger charge is 2.24. The third-order valence-corrected chi connectivity index (χ3v) is 8.18. The lowest BCUT2D eigenvalue weighted by Gasteiger charge is -2.17. The average Bonchev–Trinajstić information content (AvgIpc) is 3.06. The number of aryl methyl sites for hydroxylation is 1. The maximum atomic E-state index is 9.66. The Hall–Kier alpha value is -5.39. The molecule has 2 aromatic heterocycles. The Morgan fingerprint density at radius 1 is 0.681 bits per heavy atom. The monoisotopic (exact) mass is 655 g/mol. The number of nitrogens with zero attached hydrogens (tertiary/aromatic N) is 1. The van der Waals surface area contributed by atoms with Crippen LogP contribution < -0.4 is 23.3 Å². The Kier molecular flexibility index (Phi) is 9.50. The number of pyridine rings is 2. The first-order chi connectivity index (χ1) is 22.5. The maximum absolute atomic E-state index is 9.66. The molecular weight excluding hydrogens is 622 g/mol. The molecule has 0 saturated carbocycles. The number of aromatic nitrogens is 1. The number of carbonyl (C=O) groups is 1. The van der Waals surface area contributed by atoms with Gasteiger partial charge in [0.25, 0.3) is 10.4 Å². The van der Waals surface area contributed by atoms with Crippen molar-refractivity contribution in [1.29, 1.82) is 0 Å². The molecule has 10 nitrogen and oxygen atoms in total. The van der Waals surface area contributed by atoms with Crippen molar-refractivity contribution < 1.29 is 45.3 Å². The number of ether oxygens (including phenoxy) is 4. The highest BCUT2D eigenvalue weighted by Crippen LogP contribution is 2.45. The first-order valence-corrected chi connectivity index (χ1v) is 15.7. The maximum Gasteiger partial charge on any atom is 0.318 e. The van der Waals surface area contributed by atoms with Crippen LogP contribution in [0.4, 0.5) is 0 Å². The fourth-order valence-corrected chi connectivity index (χ4v) is 5.96. The van der Waals surface area contributed by atoms with E-state index in [1.165, 1.54) is 5.56 Å². The number of rotatable bonds is 7. The van der Waals surface area contributed by atoms with Gasteiger partial charge < -0.3 is 27.7 Å². The second kappa shape index (κ2) is 13.5. The fraction of sp³-hybridized carbons (Fsp3) is 0.167. The number of methoxy groups -OCH3 is 4. The van der Waals surface area contributed by atoms with E-state index in [0.29, 0.717) is 23.0 Å². The van der Waals surface area contributed by atoms with Gasteiger partial charge in [0.1, 0.15) is 0 Å². The van der Waals surface area contributed by atoms with Crippen LogP contribution in [0.15, 0.2) is 91.1 Å². The molecule has 0 amide bonds. The third kappa shape index (κ3) is 6.76. The highest BCUT2D eigenvalue weighted by molar-refractivity contribution is 7.81. The van der Waals surface area contributed by atoms with Crippen molar-refractivity contribution in [3.05, 3.63) is 96.8 Å².